The number of methoxy groups -OCH3 is 1. The molecule has 0 bridgehead atoms. The first-order valence-corrected chi connectivity index (χ1v) is 7.80. The van der Waals surface area contributed by atoms with Crippen molar-refractivity contribution in [3.05, 3.63) is 45.1 Å². The van der Waals surface area contributed by atoms with E-state index in [9.17, 15) is 9.59 Å². The summed E-state index contributed by atoms with van der Waals surface area (Å²) >= 11 is 12.0. The van der Waals surface area contributed by atoms with Crippen molar-refractivity contribution < 1.29 is 14.3 Å². The molecule has 2 heterocycles. The molecule has 0 radical (unpaired) electrons. The number of urea groups is 1. The number of nitrogens with one attached hydrogen (secondary N) is 2. The van der Waals surface area contributed by atoms with Crippen molar-refractivity contribution in [1.82, 2.24) is 15.5 Å². The summed E-state index contributed by atoms with van der Waals surface area (Å²) in [5.74, 6) is -0.124. The predicted molar refractivity (Wildman–Crippen MR) is 86.4 cm³/mol. The van der Waals surface area contributed by atoms with E-state index in [1.807, 2.05) is 0 Å². The van der Waals surface area contributed by atoms with Gasteiger partial charge in [0, 0.05) is 13.7 Å². The van der Waals surface area contributed by atoms with Crippen molar-refractivity contribution in [1.29, 1.82) is 0 Å². The smallest absolute Gasteiger partial charge is 0.319 e. The Balaban J connectivity index is 1.94. The Kier molecular flexibility index (Phi) is 4.48. The fourth-order valence-electron chi connectivity index (χ4n) is 2.75. The van der Waals surface area contributed by atoms with Crippen LogP contribution in [-0.2, 0) is 9.53 Å². The Morgan fingerprint density at radius 1 is 1.30 bits per heavy atom. The zero-order valence-corrected chi connectivity index (χ0v) is 13.9. The number of hydrogen-bond donors (Lipinski definition) is 2. The Labute approximate surface area is 143 Å². The van der Waals surface area contributed by atoms with Crippen molar-refractivity contribution >= 4 is 35.1 Å². The Bertz CT molecular complexity index is 705. The monoisotopic (exact) mass is 355 g/mol. The number of ether oxygens (including phenoxy) is 1. The standard InChI is InChI=1S/C15H15Cl2N3O3/c1-23-5-4-20-7-11-12(14(20)21)13(19-15(22)18-11)8-2-3-9(16)10(17)6-8/h2-3,6,13H,4-5,7H2,1H3,(H2,18,19,22). The molecule has 122 valence electrons. The van der Waals surface area contributed by atoms with Crippen molar-refractivity contribution in [3.8, 4) is 0 Å². The van der Waals surface area contributed by atoms with E-state index in [4.69, 9.17) is 27.9 Å². The fraction of sp³-hybridized carbons (Fsp3) is 0.333. The van der Waals surface area contributed by atoms with Crippen LogP contribution in [-0.4, -0.2) is 43.6 Å². The van der Waals surface area contributed by atoms with Crippen LogP contribution in [0.2, 0.25) is 10.0 Å². The second-order valence-electron chi connectivity index (χ2n) is 5.32. The maximum Gasteiger partial charge on any atom is 0.319 e. The topological polar surface area (TPSA) is 70.7 Å². The molecular formula is C15H15Cl2N3O3. The first-order valence-electron chi connectivity index (χ1n) is 7.05. The van der Waals surface area contributed by atoms with E-state index in [0.29, 0.717) is 46.6 Å². The first-order chi connectivity index (χ1) is 11.0. The lowest BCUT2D eigenvalue weighted by molar-refractivity contribution is -0.126. The summed E-state index contributed by atoms with van der Waals surface area (Å²) < 4.78 is 5.02. The summed E-state index contributed by atoms with van der Waals surface area (Å²) in [6.45, 7) is 1.26. The Morgan fingerprint density at radius 2 is 2.09 bits per heavy atom. The molecule has 2 N–H and O–H groups in total. The SMILES string of the molecule is COCCN1CC2=C(C1=O)C(c1ccc(Cl)c(Cl)c1)NC(=O)N2. The van der Waals surface area contributed by atoms with Gasteiger partial charge in [-0.2, -0.15) is 0 Å². The minimum Gasteiger partial charge on any atom is -0.383 e. The van der Waals surface area contributed by atoms with Gasteiger partial charge in [0.05, 0.1) is 40.5 Å². The van der Waals surface area contributed by atoms with Gasteiger partial charge < -0.3 is 20.3 Å². The predicted octanol–water partition coefficient (Wildman–Crippen LogP) is 2.09. The Morgan fingerprint density at radius 3 is 2.78 bits per heavy atom. The molecule has 6 nitrogen and oxygen atoms in total. The van der Waals surface area contributed by atoms with Crippen molar-refractivity contribution in [3.63, 3.8) is 0 Å². The summed E-state index contributed by atoms with van der Waals surface area (Å²) in [7, 11) is 1.58. The molecule has 1 atom stereocenters. The molecule has 1 aromatic carbocycles. The Hall–Kier alpha value is -1.76. The van der Waals surface area contributed by atoms with Crippen LogP contribution in [0.1, 0.15) is 11.6 Å². The molecule has 0 saturated heterocycles. The van der Waals surface area contributed by atoms with Crippen LogP contribution >= 0.6 is 23.2 Å². The molecule has 0 fully saturated rings. The van der Waals surface area contributed by atoms with E-state index in [0.717, 1.165) is 0 Å². The van der Waals surface area contributed by atoms with Gasteiger partial charge in [0.1, 0.15) is 0 Å². The minimum atomic E-state index is -0.548. The molecule has 1 unspecified atom stereocenters. The largest absolute Gasteiger partial charge is 0.383 e. The zero-order valence-electron chi connectivity index (χ0n) is 12.4. The van der Waals surface area contributed by atoms with Crippen molar-refractivity contribution in [2.45, 2.75) is 6.04 Å². The zero-order chi connectivity index (χ0) is 16.6. The van der Waals surface area contributed by atoms with E-state index in [1.165, 1.54) is 0 Å². The highest BCUT2D eigenvalue weighted by molar-refractivity contribution is 6.42. The number of hydrogen-bond acceptors (Lipinski definition) is 3. The van der Waals surface area contributed by atoms with Crippen molar-refractivity contribution in [2.75, 3.05) is 26.8 Å². The van der Waals surface area contributed by atoms with Gasteiger partial charge >= 0.3 is 6.03 Å². The second-order valence-corrected chi connectivity index (χ2v) is 6.13. The third-order valence-electron chi connectivity index (χ3n) is 3.86. The number of nitrogens with zero attached hydrogens (tertiary/aromatic N) is 1. The molecule has 0 saturated carbocycles. The number of rotatable bonds is 4. The molecule has 3 amide bonds. The summed E-state index contributed by atoms with van der Waals surface area (Å²) in [6.07, 6.45) is 0. The molecular weight excluding hydrogens is 341 g/mol. The summed E-state index contributed by atoms with van der Waals surface area (Å²) in [4.78, 5) is 26.2. The normalized spacial score (nSPS) is 20.5. The van der Waals surface area contributed by atoms with E-state index >= 15 is 0 Å². The summed E-state index contributed by atoms with van der Waals surface area (Å²) in [5, 5.41) is 6.27. The van der Waals surface area contributed by atoms with E-state index in [2.05, 4.69) is 10.6 Å². The molecule has 1 aromatic rings. The van der Waals surface area contributed by atoms with Crippen LogP contribution < -0.4 is 10.6 Å². The number of amides is 3. The molecule has 0 aromatic heterocycles. The van der Waals surface area contributed by atoms with Crippen LogP contribution in [0.15, 0.2) is 29.5 Å². The van der Waals surface area contributed by atoms with Crippen LogP contribution in [0.4, 0.5) is 4.79 Å². The third kappa shape index (κ3) is 3.02. The highest BCUT2D eigenvalue weighted by Gasteiger charge is 2.40. The highest BCUT2D eigenvalue weighted by Crippen LogP contribution is 2.34. The van der Waals surface area contributed by atoms with Crippen molar-refractivity contribution in [2.24, 2.45) is 0 Å². The second kappa shape index (κ2) is 6.39. The first kappa shape index (κ1) is 16.1. The fourth-order valence-corrected chi connectivity index (χ4v) is 3.06. The lowest BCUT2D eigenvalue weighted by atomic mass is 9.96. The number of carbonyl (C=O) groups is 2. The number of carbonyl (C=O) groups excluding carboxylic acids is 2. The average molecular weight is 356 g/mol. The van der Waals surface area contributed by atoms with Gasteiger partial charge in [-0.15, -0.1) is 0 Å². The summed E-state index contributed by atoms with van der Waals surface area (Å²) in [6, 6.07) is 4.17. The molecule has 8 heteroatoms. The molecule has 2 aliphatic rings. The van der Waals surface area contributed by atoms with Gasteiger partial charge in [-0.05, 0) is 17.7 Å². The van der Waals surface area contributed by atoms with E-state index in [-0.39, 0.29) is 11.9 Å². The molecule has 23 heavy (non-hydrogen) atoms. The molecule has 0 aliphatic carbocycles. The van der Waals surface area contributed by atoms with Gasteiger partial charge in [-0.3, -0.25) is 4.79 Å². The van der Waals surface area contributed by atoms with Gasteiger partial charge in [0.15, 0.2) is 0 Å². The quantitative estimate of drug-likeness (QED) is 0.868. The van der Waals surface area contributed by atoms with Gasteiger partial charge in [-0.1, -0.05) is 29.3 Å². The average Bonchev–Trinajstić information content (AvgIpc) is 2.83. The van der Waals surface area contributed by atoms with Crippen LogP contribution in [0, 0.1) is 0 Å². The van der Waals surface area contributed by atoms with E-state index < -0.39 is 6.04 Å². The molecule has 0 spiro atoms. The van der Waals surface area contributed by atoms with Crippen LogP contribution in [0.3, 0.4) is 0 Å². The van der Waals surface area contributed by atoms with E-state index in [1.54, 1.807) is 30.2 Å². The lowest BCUT2D eigenvalue weighted by Gasteiger charge is -2.25. The van der Waals surface area contributed by atoms with Crippen LogP contribution in [0.25, 0.3) is 0 Å². The summed E-state index contributed by atoms with van der Waals surface area (Å²) in [5.41, 5.74) is 1.86. The minimum absolute atomic E-state index is 0.124. The number of benzene rings is 1. The maximum atomic E-state index is 12.7. The number of halogens is 2. The molecule has 3 rings (SSSR count). The van der Waals surface area contributed by atoms with Crippen LogP contribution in [0.5, 0.6) is 0 Å². The molecule has 2 aliphatic heterocycles. The van der Waals surface area contributed by atoms with Gasteiger partial charge in [-0.25, -0.2) is 4.79 Å². The highest BCUT2D eigenvalue weighted by atomic mass is 35.5. The maximum absolute atomic E-state index is 12.7. The lowest BCUT2D eigenvalue weighted by Crippen LogP contribution is -2.44. The van der Waals surface area contributed by atoms with Gasteiger partial charge in [0.25, 0.3) is 5.91 Å². The third-order valence-corrected chi connectivity index (χ3v) is 4.60. The van der Waals surface area contributed by atoms with Gasteiger partial charge in [0.2, 0.25) is 0 Å².